The Bertz CT molecular complexity index is 432. The smallest absolute Gasteiger partial charge is 0.731 e. The number of hydrogen-bond acceptors (Lipinski definition) is 4. The minimum absolute atomic E-state index is 0. The summed E-state index contributed by atoms with van der Waals surface area (Å²) in [4.78, 5) is 0. The SMILES string of the molecule is COc1ccc(C)cc1NS(=O)(=O)[O-].[Na+]. The maximum Gasteiger partial charge on any atom is 1.00 e. The Balaban J connectivity index is 0.00000196. The van der Waals surface area contributed by atoms with Crippen molar-refractivity contribution in [2.24, 2.45) is 0 Å². The predicted octanol–water partition coefficient (Wildman–Crippen LogP) is -2.12. The van der Waals surface area contributed by atoms with E-state index in [1.54, 1.807) is 19.1 Å². The van der Waals surface area contributed by atoms with Gasteiger partial charge in [0, 0.05) is 0 Å². The molecule has 0 aliphatic rings. The molecule has 0 unspecified atom stereocenters. The van der Waals surface area contributed by atoms with Crippen LogP contribution in [0.15, 0.2) is 18.2 Å². The van der Waals surface area contributed by atoms with Crippen LogP contribution in [0.1, 0.15) is 5.56 Å². The van der Waals surface area contributed by atoms with Gasteiger partial charge in [0.1, 0.15) is 5.75 Å². The van der Waals surface area contributed by atoms with Crippen LogP contribution >= 0.6 is 0 Å². The molecule has 7 heteroatoms. The van der Waals surface area contributed by atoms with Gasteiger partial charge in [-0.3, -0.25) is 4.72 Å². The Morgan fingerprint density at radius 1 is 1.40 bits per heavy atom. The van der Waals surface area contributed by atoms with Crippen LogP contribution in [0.4, 0.5) is 5.69 Å². The molecule has 0 saturated heterocycles. The fraction of sp³-hybridized carbons (Fsp3) is 0.250. The summed E-state index contributed by atoms with van der Waals surface area (Å²) in [7, 11) is -3.11. The van der Waals surface area contributed by atoms with Crippen molar-refractivity contribution in [2.45, 2.75) is 6.92 Å². The third-order valence-corrected chi connectivity index (χ3v) is 2.06. The number of anilines is 1. The molecule has 0 spiro atoms. The van der Waals surface area contributed by atoms with Gasteiger partial charge in [-0.1, -0.05) is 6.07 Å². The van der Waals surface area contributed by atoms with Gasteiger partial charge < -0.3 is 9.29 Å². The average Bonchev–Trinajstić information content (AvgIpc) is 2.01. The largest absolute Gasteiger partial charge is 1.00 e. The van der Waals surface area contributed by atoms with Crippen molar-refractivity contribution in [1.29, 1.82) is 0 Å². The van der Waals surface area contributed by atoms with E-state index in [1.807, 2.05) is 4.72 Å². The number of aryl methyl sites for hydroxylation is 1. The van der Waals surface area contributed by atoms with Crippen LogP contribution in [0, 0.1) is 6.92 Å². The number of hydrogen-bond donors (Lipinski definition) is 1. The van der Waals surface area contributed by atoms with Gasteiger partial charge in [0.2, 0.25) is 0 Å². The summed E-state index contributed by atoms with van der Waals surface area (Å²) in [6, 6.07) is 4.86. The maximum atomic E-state index is 10.5. The molecule has 0 heterocycles. The summed E-state index contributed by atoms with van der Waals surface area (Å²) in [6.07, 6.45) is 0. The first-order valence-electron chi connectivity index (χ1n) is 3.80. The quantitative estimate of drug-likeness (QED) is 0.483. The fourth-order valence-corrected chi connectivity index (χ4v) is 1.47. The molecule has 78 valence electrons. The minimum Gasteiger partial charge on any atom is -0.731 e. The Morgan fingerprint density at radius 2 is 2.00 bits per heavy atom. The van der Waals surface area contributed by atoms with Crippen LogP contribution in [0.2, 0.25) is 0 Å². The number of ether oxygens (including phenoxy) is 1. The summed E-state index contributed by atoms with van der Waals surface area (Å²) in [6.45, 7) is 1.78. The third-order valence-electron chi connectivity index (χ3n) is 1.59. The standard InChI is InChI=1S/C8H11NO4S.Na/c1-6-3-4-8(13-2)7(5-6)9-14(10,11)12;/h3-5,9H,1-2H3,(H,10,11,12);/q;+1/p-1. The van der Waals surface area contributed by atoms with E-state index in [2.05, 4.69) is 0 Å². The molecular weight excluding hydrogens is 229 g/mol. The average molecular weight is 239 g/mol. The Hall–Kier alpha value is -0.270. The molecule has 5 nitrogen and oxygen atoms in total. The van der Waals surface area contributed by atoms with Gasteiger partial charge in [0.25, 0.3) is 0 Å². The molecule has 1 aromatic rings. The Kier molecular flexibility index (Phi) is 5.61. The summed E-state index contributed by atoms with van der Waals surface area (Å²) < 4.78 is 38.1. The van der Waals surface area contributed by atoms with Crippen LogP contribution in [-0.2, 0) is 10.3 Å². The van der Waals surface area contributed by atoms with Gasteiger partial charge in [-0.15, -0.1) is 0 Å². The normalized spacial score (nSPS) is 10.3. The summed E-state index contributed by atoms with van der Waals surface area (Å²) in [5.74, 6) is 0.315. The van der Waals surface area contributed by atoms with E-state index in [1.165, 1.54) is 13.2 Å². The van der Waals surface area contributed by atoms with E-state index in [-0.39, 0.29) is 35.2 Å². The molecule has 0 fully saturated rings. The molecule has 15 heavy (non-hydrogen) atoms. The van der Waals surface area contributed by atoms with Crippen molar-refractivity contribution < 1.29 is 47.3 Å². The first-order valence-corrected chi connectivity index (χ1v) is 5.21. The molecule has 0 aliphatic heterocycles. The van der Waals surface area contributed by atoms with Gasteiger partial charge in [0.15, 0.2) is 10.3 Å². The second kappa shape index (κ2) is 5.72. The monoisotopic (exact) mass is 239 g/mol. The van der Waals surface area contributed by atoms with Crippen molar-refractivity contribution in [3.8, 4) is 5.75 Å². The van der Waals surface area contributed by atoms with Gasteiger partial charge in [-0.2, -0.15) is 0 Å². The predicted molar refractivity (Wildman–Crippen MR) is 51.1 cm³/mol. The molecule has 0 atom stereocenters. The zero-order valence-electron chi connectivity index (χ0n) is 8.77. The molecule has 0 aromatic heterocycles. The van der Waals surface area contributed by atoms with Crippen LogP contribution in [0.3, 0.4) is 0 Å². The Morgan fingerprint density at radius 3 is 2.47 bits per heavy atom. The van der Waals surface area contributed by atoms with Crippen molar-refractivity contribution >= 4 is 16.0 Å². The van der Waals surface area contributed by atoms with E-state index in [9.17, 15) is 13.0 Å². The van der Waals surface area contributed by atoms with E-state index in [0.717, 1.165) is 5.56 Å². The second-order valence-electron chi connectivity index (χ2n) is 2.76. The number of methoxy groups -OCH3 is 1. The van der Waals surface area contributed by atoms with Crippen LogP contribution in [0.25, 0.3) is 0 Å². The van der Waals surface area contributed by atoms with Crippen molar-refractivity contribution in [3.05, 3.63) is 23.8 Å². The molecule has 1 aromatic carbocycles. The number of nitrogens with one attached hydrogen (secondary N) is 1. The zero-order valence-corrected chi connectivity index (χ0v) is 11.6. The second-order valence-corrected chi connectivity index (χ2v) is 3.87. The fourth-order valence-electron chi connectivity index (χ4n) is 1.04. The van der Waals surface area contributed by atoms with Crippen molar-refractivity contribution in [2.75, 3.05) is 11.8 Å². The molecule has 0 aliphatic carbocycles. The molecule has 1 N–H and O–H groups in total. The maximum absolute atomic E-state index is 10.5. The zero-order chi connectivity index (χ0) is 10.8. The van der Waals surface area contributed by atoms with Crippen molar-refractivity contribution in [3.63, 3.8) is 0 Å². The van der Waals surface area contributed by atoms with Crippen LogP contribution < -0.4 is 39.0 Å². The number of rotatable bonds is 3. The molecule has 0 radical (unpaired) electrons. The van der Waals surface area contributed by atoms with Gasteiger partial charge in [-0.25, -0.2) is 8.42 Å². The molecule has 0 bridgehead atoms. The van der Waals surface area contributed by atoms with E-state index in [0.29, 0.717) is 5.75 Å². The van der Waals surface area contributed by atoms with Crippen LogP contribution in [0.5, 0.6) is 5.75 Å². The molecule has 0 saturated carbocycles. The van der Waals surface area contributed by atoms with E-state index >= 15 is 0 Å². The Labute approximate surface area is 111 Å². The summed E-state index contributed by atoms with van der Waals surface area (Å²) in [5, 5.41) is 0. The van der Waals surface area contributed by atoms with Gasteiger partial charge >= 0.3 is 29.6 Å². The van der Waals surface area contributed by atoms with E-state index in [4.69, 9.17) is 4.74 Å². The van der Waals surface area contributed by atoms with Crippen LogP contribution in [-0.4, -0.2) is 20.1 Å². The summed E-state index contributed by atoms with van der Waals surface area (Å²) >= 11 is 0. The first-order chi connectivity index (χ1) is 6.42. The molecule has 1 rings (SSSR count). The van der Waals surface area contributed by atoms with Gasteiger partial charge in [-0.05, 0) is 24.6 Å². The first kappa shape index (κ1) is 14.7. The van der Waals surface area contributed by atoms with Gasteiger partial charge in [0.05, 0.1) is 12.8 Å². The van der Waals surface area contributed by atoms with E-state index < -0.39 is 10.3 Å². The topological polar surface area (TPSA) is 78.5 Å². The molecule has 0 amide bonds. The third kappa shape index (κ3) is 4.85. The summed E-state index contributed by atoms with van der Waals surface area (Å²) in [5.41, 5.74) is 0.986. The molecular formula is C8H10NNaO4S. The van der Waals surface area contributed by atoms with Crippen molar-refractivity contribution in [1.82, 2.24) is 0 Å². The minimum atomic E-state index is -4.51. The number of benzene rings is 1.